The van der Waals surface area contributed by atoms with Crippen LogP contribution in [0.3, 0.4) is 0 Å². The molecule has 2 heterocycles. The van der Waals surface area contributed by atoms with Gasteiger partial charge in [0, 0.05) is 30.4 Å². The molecule has 0 fully saturated rings. The largest absolute Gasteiger partial charge is 0.444 e. The molecule has 0 saturated heterocycles. The van der Waals surface area contributed by atoms with Crippen LogP contribution >= 0.6 is 0 Å². The van der Waals surface area contributed by atoms with E-state index in [0.717, 1.165) is 16.5 Å². The second-order valence-electron chi connectivity index (χ2n) is 8.41. The second kappa shape index (κ2) is 9.59. The summed E-state index contributed by atoms with van der Waals surface area (Å²) in [5.74, 6) is -0.452. The standard InChI is InChI=1S/C22H27N5O5S/c1-22(2,3)32-21(29)25-10-11-26-33(30,31)16-6-4-14(5-7-16)17-8-9-24-20-18(17)12-15(27-20)13-19(23)28/h4-9,12,26H,10-11,13H2,1-3H3,(H2,23,28)(H,24,27)(H,25,29). The third-order valence-corrected chi connectivity index (χ3v) is 5.99. The number of nitrogens with two attached hydrogens (primary N) is 1. The van der Waals surface area contributed by atoms with Crippen molar-refractivity contribution in [3.63, 3.8) is 0 Å². The van der Waals surface area contributed by atoms with Gasteiger partial charge in [-0.15, -0.1) is 0 Å². The summed E-state index contributed by atoms with van der Waals surface area (Å²) in [7, 11) is -3.76. The molecule has 0 aliphatic carbocycles. The predicted molar refractivity (Wildman–Crippen MR) is 124 cm³/mol. The Kier molecular flexibility index (Phi) is 7.04. The summed E-state index contributed by atoms with van der Waals surface area (Å²) in [6, 6.07) is 10.0. The third-order valence-electron chi connectivity index (χ3n) is 4.51. The molecular weight excluding hydrogens is 446 g/mol. The number of sulfonamides is 1. The van der Waals surface area contributed by atoms with Gasteiger partial charge in [-0.25, -0.2) is 22.9 Å². The molecule has 0 aliphatic heterocycles. The number of aromatic amines is 1. The Hall–Kier alpha value is -3.44. The van der Waals surface area contributed by atoms with Crippen molar-refractivity contribution in [3.05, 3.63) is 48.3 Å². The van der Waals surface area contributed by atoms with E-state index < -0.39 is 27.6 Å². The van der Waals surface area contributed by atoms with E-state index in [0.29, 0.717) is 11.3 Å². The van der Waals surface area contributed by atoms with Crippen molar-refractivity contribution >= 4 is 33.1 Å². The molecular formula is C22H27N5O5S. The fraction of sp³-hybridized carbons (Fsp3) is 0.318. The van der Waals surface area contributed by atoms with Crippen LogP contribution in [0.25, 0.3) is 22.2 Å². The van der Waals surface area contributed by atoms with Gasteiger partial charge >= 0.3 is 6.09 Å². The van der Waals surface area contributed by atoms with Crippen LogP contribution in [-0.2, 0) is 26.0 Å². The van der Waals surface area contributed by atoms with Crippen LogP contribution in [0.2, 0.25) is 0 Å². The number of nitrogens with zero attached hydrogens (tertiary/aromatic N) is 1. The smallest absolute Gasteiger partial charge is 0.407 e. The molecule has 2 aromatic heterocycles. The van der Waals surface area contributed by atoms with E-state index >= 15 is 0 Å². The number of ether oxygens (including phenoxy) is 1. The molecule has 1 aromatic carbocycles. The summed E-state index contributed by atoms with van der Waals surface area (Å²) in [5, 5.41) is 3.30. The number of alkyl carbamates (subject to hydrolysis) is 1. The highest BCUT2D eigenvalue weighted by Crippen LogP contribution is 2.29. The van der Waals surface area contributed by atoms with Crippen molar-refractivity contribution in [3.8, 4) is 11.1 Å². The molecule has 0 spiro atoms. The Balaban J connectivity index is 1.68. The number of fused-ring (bicyclic) bond motifs is 1. The van der Waals surface area contributed by atoms with Gasteiger partial charge in [0.25, 0.3) is 0 Å². The first-order valence-corrected chi connectivity index (χ1v) is 11.7. The highest BCUT2D eigenvalue weighted by atomic mass is 32.2. The number of hydrogen-bond donors (Lipinski definition) is 4. The fourth-order valence-corrected chi connectivity index (χ4v) is 4.21. The van der Waals surface area contributed by atoms with Crippen LogP contribution < -0.4 is 15.8 Å². The van der Waals surface area contributed by atoms with E-state index in [4.69, 9.17) is 10.5 Å². The molecule has 0 saturated carbocycles. The quantitative estimate of drug-likeness (QED) is 0.367. The number of amides is 2. The molecule has 176 valence electrons. The first-order valence-electron chi connectivity index (χ1n) is 10.3. The van der Waals surface area contributed by atoms with Crippen LogP contribution in [0.4, 0.5) is 4.79 Å². The molecule has 0 radical (unpaired) electrons. The van der Waals surface area contributed by atoms with Gasteiger partial charge in [-0.05, 0) is 56.2 Å². The molecule has 33 heavy (non-hydrogen) atoms. The number of pyridine rings is 1. The van der Waals surface area contributed by atoms with Gasteiger partial charge in [-0.2, -0.15) is 0 Å². The SMILES string of the molecule is CC(C)(C)OC(=O)NCCNS(=O)(=O)c1ccc(-c2ccnc3[nH]c(CC(N)=O)cc23)cc1. The summed E-state index contributed by atoms with van der Waals surface area (Å²) < 4.78 is 32.7. The van der Waals surface area contributed by atoms with Crippen molar-refractivity contribution in [2.75, 3.05) is 13.1 Å². The van der Waals surface area contributed by atoms with Gasteiger partial charge in [0.2, 0.25) is 15.9 Å². The summed E-state index contributed by atoms with van der Waals surface area (Å²) >= 11 is 0. The number of nitrogens with one attached hydrogen (secondary N) is 3. The molecule has 10 nitrogen and oxygen atoms in total. The number of H-pyrrole nitrogens is 1. The van der Waals surface area contributed by atoms with Crippen LogP contribution in [0.5, 0.6) is 0 Å². The maximum Gasteiger partial charge on any atom is 0.407 e. The molecule has 5 N–H and O–H groups in total. The molecule has 0 aliphatic rings. The summed E-state index contributed by atoms with van der Waals surface area (Å²) in [4.78, 5) is 30.3. The molecule has 0 unspecified atom stereocenters. The van der Waals surface area contributed by atoms with Gasteiger partial charge in [0.1, 0.15) is 11.2 Å². The number of aromatic nitrogens is 2. The average molecular weight is 474 g/mol. The van der Waals surface area contributed by atoms with Crippen LogP contribution in [-0.4, -0.2) is 49.1 Å². The summed E-state index contributed by atoms with van der Waals surface area (Å²) in [6.07, 6.45) is 1.09. The van der Waals surface area contributed by atoms with E-state index in [9.17, 15) is 18.0 Å². The first kappa shape index (κ1) is 24.2. The lowest BCUT2D eigenvalue weighted by atomic mass is 10.0. The zero-order valence-corrected chi connectivity index (χ0v) is 19.5. The monoisotopic (exact) mass is 473 g/mol. The zero-order valence-electron chi connectivity index (χ0n) is 18.6. The van der Waals surface area contributed by atoms with Crippen molar-refractivity contribution in [2.45, 2.75) is 37.7 Å². The third kappa shape index (κ3) is 6.53. The first-order chi connectivity index (χ1) is 15.4. The Morgan fingerprint density at radius 2 is 1.82 bits per heavy atom. The maximum atomic E-state index is 12.6. The number of hydrogen-bond acceptors (Lipinski definition) is 6. The van der Waals surface area contributed by atoms with Crippen LogP contribution in [0, 0.1) is 0 Å². The summed E-state index contributed by atoms with van der Waals surface area (Å²) in [5.41, 5.74) is 7.53. The Morgan fingerprint density at radius 3 is 2.45 bits per heavy atom. The normalized spacial score (nSPS) is 12.0. The van der Waals surface area contributed by atoms with Crippen molar-refractivity contribution < 1.29 is 22.7 Å². The van der Waals surface area contributed by atoms with E-state index in [-0.39, 0.29) is 24.4 Å². The minimum absolute atomic E-state index is 0.0142. The lowest BCUT2D eigenvalue weighted by Gasteiger charge is -2.19. The predicted octanol–water partition coefficient (Wildman–Crippen LogP) is 2.06. The van der Waals surface area contributed by atoms with Gasteiger partial charge in [0.15, 0.2) is 0 Å². The van der Waals surface area contributed by atoms with Crippen molar-refractivity contribution in [1.29, 1.82) is 0 Å². The topological polar surface area (TPSA) is 156 Å². The summed E-state index contributed by atoms with van der Waals surface area (Å²) in [6.45, 7) is 5.33. The van der Waals surface area contributed by atoms with Crippen LogP contribution in [0.1, 0.15) is 26.5 Å². The van der Waals surface area contributed by atoms with Gasteiger partial charge in [0.05, 0.1) is 11.3 Å². The highest BCUT2D eigenvalue weighted by molar-refractivity contribution is 7.89. The lowest BCUT2D eigenvalue weighted by Crippen LogP contribution is -2.37. The van der Waals surface area contributed by atoms with Crippen molar-refractivity contribution in [1.82, 2.24) is 20.0 Å². The molecule has 3 rings (SSSR count). The Labute approximate surface area is 192 Å². The lowest BCUT2D eigenvalue weighted by molar-refractivity contribution is -0.117. The fourth-order valence-electron chi connectivity index (χ4n) is 3.18. The number of carbonyl (C=O) groups is 2. The van der Waals surface area contributed by atoms with E-state index in [1.807, 2.05) is 12.1 Å². The number of benzene rings is 1. The zero-order chi connectivity index (χ0) is 24.2. The average Bonchev–Trinajstić information content (AvgIpc) is 3.11. The maximum absolute atomic E-state index is 12.6. The minimum atomic E-state index is -3.76. The van der Waals surface area contributed by atoms with Gasteiger partial charge in [-0.3, -0.25) is 4.79 Å². The molecule has 0 bridgehead atoms. The van der Waals surface area contributed by atoms with Crippen LogP contribution in [0.15, 0.2) is 47.5 Å². The number of rotatable bonds is 8. The molecule has 2 amide bonds. The highest BCUT2D eigenvalue weighted by Gasteiger charge is 2.17. The van der Waals surface area contributed by atoms with E-state index in [2.05, 4.69) is 20.0 Å². The molecule has 3 aromatic rings. The Bertz CT molecular complexity index is 1260. The molecule has 11 heteroatoms. The minimum Gasteiger partial charge on any atom is -0.444 e. The second-order valence-corrected chi connectivity index (χ2v) is 10.2. The van der Waals surface area contributed by atoms with Gasteiger partial charge < -0.3 is 20.8 Å². The van der Waals surface area contributed by atoms with E-state index in [1.54, 1.807) is 39.1 Å². The number of carbonyl (C=O) groups excluding carboxylic acids is 2. The Morgan fingerprint density at radius 1 is 1.12 bits per heavy atom. The number of primary amides is 1. The van der Waals surface area contributed by atoms with E-state index in [1.165, 1.54) is 12.1 Å². The molecule has 0 atom stereocenters. The van der Waals surface area contributed by atoms with Crippen molar-refractivity contribution in [2.24, 2.45) is 5.73 Å². The van der Waals surface area contributed by atoms with Gasteiger partial charge in [-0.1, -0.05) is 12.1 Å².